The molecule has 0 spiro atoms. The molecule has 1 rings (SSSR count). The molecule has 4 nitrogen and oxygen atoms in total. The van der Waals surface area contributed by atoms with Crippen molar-refractivity contribution >= 4 is 29.9 Å². The quantitative estimate of drug-likeness (QED) is 0.296. The monoisotopic (exact) mass is 432 g/mol. The van der Waals surface area contributed by atoms with Crippen molar-refractivity contribution in [2.75, 3.05) is 34.2 Å². The Morgan fingerprint density at radius 1 is 1.13 bits per heavy atom. The maximum atomic E-state index is 4.37. The van der Waals surface area contributed by atoms with Crippen LogP contribution in [0.4, 0.5) is 0 Å². The highest BCUT2D eigenvalue weighted by Crippen LogP contribution is 2.03. The maximum absolute atomic E-state index is 4.37. The van der Waals surface area contributed by atoms with Gasteiger partial charge in [-0.25, -0.2) is 0 Å². The second-order valence-electron chi connectivity index (χ2n) is 6.10. The molecule has 0 atom stereocenters. The average Bonchev–Trinajstić information content (AvgIpc) is 2.51. The fraction of sp³-hybridized carbons (Fsp3) is 0.611. The van der Waals surface area contributed by atoms with Crippen LogP contribution in [0.25, 0.3) is 0 Å². The zero-order valence-corrected chi connectivity index (χ0v) is 17.6. The minimum Gasteiger partial charge on any atom is -0.356 e. The van der Waals surface area contributed by atoms with Crippen molar-refractivity contribution in [3.63, 3.8) is 0 Å². The molecule has 1 N–H and O–H groups in total. The van der Waals surface area contributed by atoms with Crippen LogP contribution in [0.3, 0.4) is 0 Å². The first-order valence-electron chi connectivity index (χ1n) is 8.20. The van der Waals surface area contributed by atoms with E-state index in [9.17, 15) is 0 Å². The zero-order chi connectivity index (χ0) is 16.4. The van der Waals surface area contributed by atoms with Gasteiger partial charge in [-0.2, -0.15) is 0 Å². The smallest absolute Gasteiger partial charge is 0.193 e. The second kappa shape index (κ2) is 12.6. The molecule has 0 aromatic heterocycles. The average molecular weight is 432 g/mol. The van der Waals surface area contributed by atoms with E-state index in [1.165, 1.54) is 12.0 Å². The Balaban J connectivity index is 0.00000484. The number of rotatable bonds is 8. The van der Waals surface area contributed by atoms with Crippen LogP contribution in [0.1, 0.15) is 32.3 Å². The molecule has 0 amide bonds. The van der Waals surface area contributed by atoms with Gasteiger partial charge in [0.05, 0.1) is 0 Å². The SMILES string of the molecule is CN=C(NCCCCN(C)C(C)C)N(C)Cc1ccccc1.I. The Morgan fingerprint density at radius 3 is 2.35 bits per heavy atom. The van der Waals surface area contributed by atoms with Gasteiger partial charge in [-0.15, -0.1) is 24.0 Å². The zero-order valence-electron chi connectivity index (χ0n) is 15.2. The Labute approximate surface area is 159 Å². The predicted octanol–water partition coefficient (Wildman–Crippen LogP) is 3.43. The van der Waals surface area contributed by atoms with Crippen molar-refractivity contribution in [3.8, 4) is 0 Å². The van der Waals surface area contributed by atoms with Gasteiger partial charge >= 0.3 is 0 Å². The molecule has 0 radical (unpaired) electrons. The number of hydrogen-bond acceptors (Lipinski definition) is 2. The van der Waals surface area contributed by atoms with Gasteiger partial charge in [0.15, 0.2) is 5.96 Å². The second-order valence-corrected chi connectivity index (χ2v) is 6.10. The number of unbranched alkanes of at least 4 members (excludes halogenated alkanes) is 1. The summed E-state index contributed by atoms with van der Waals surface area (Å²) < 4.78 is 0. The van der Waals surface area contributed by atoms with Crippen molar-refractivity contribution in [1.82, 2.24) is 15.1 Å². The van der Waals surface area contributed by atoms with E-state index < -0.39 is 0 Å². The van der Waals surface area contributed by atoms with E-state index in [2.05, 4.69) is 72.3 Å². The van der Waals surface area contributed by atoms with Crippen LogP contribution in [-0.4, -0.2) is 56.0 Å². The lowest BCUT2D eigenvalue weighted by atomic mass is 10.2. The largest absolute Gasteiger partial charge is 0.356 e. The molecule has 132 valence electrons. The van der Waals surface area contributed by atoms with Crippen molar-refractivity contribution in [1.29, 1.82) is 0 Å². The highest BCUT2D eigenvalue weighted by Gasteiger charge is 2.06. The fourth-order valence-electron chi connectivity index (χ4n) is 2.26. The molecule has 1 aromatic rings. The topological polar surface area (TPSA) is 30.9 Å². The van der Waals surface area contributed by atoms with Crippen LogP contribution in [-0.2, 0) is 6.54 Å². The Kier molecular flexibility index (Phi) is 12.1. The lowest BCUT2D eigenvalue weighted by molar-refractivity contribution is 0.268. The summed E-state index contributed by atoms with van der Waals surface area (Å²) in [5.74, 6) is 0.959. The molecule has 0 aliphatic carbocycles. The van der Waals surface area contributed by atoms with Gasteiger partial charge in [0.25, 0.3) is 0 Å². The van der Waals surface area contributed by atoms with E-state index >= 15 is 0 Å². The Morgan fingerprint density at radius 2 is 1.78 bits per heavy atom. The molecule has 5 heteroatoms. The third-order valence-electron chi connectivity index (χ3n) is 3.94. The number of aliphatic imine (C=N–C) groups is 1. The molecule has 0 aliphatic rings. The molecule has 1 aromatic carbocycles. The summed E-state index contributed by atoms with van der Waals surface area (Å²) in [7, 11) is 6.11. The van der Waals surface area contributed by atoms with Crippen molar-refractivity contribution < 1.29 is 0 Å². The normalized spacial score (nSPS) is 11.5. The molecule has 0 bridgehead atoms. The highest BCUT2D eigenvalue weighted by molar-refractivity contribution is 14.0. The third-order valence-corrected chi connectivity index (χ3v) is 3.94. The van der Waals surface area contributed by atoms with Gasteiger partial charge in [0, 0.05) is 33.2 Å². The maximum Gasteiger partial charge on any atom is 0.193 e. The van der Waals surface area contributed by atoms with E-state index in [0.717, 1.165) is 32.0 Å². The van der Waals surface area contributed by atoms with Crippen LogP contribution in [0.15, 0.2) is 35.3 Å². The molecule has 23 heavy (non-hydrogen) atoms. The minimum absolute atomic E-state index is 0. The molecule has 0 aliphatic heterocycles. The molecule has 0 heterocycles. The summed E-state index contributed by atoms with van der Waals surface area (Å²) in [6.45, 7) is 7.46. The van der Waals surface area contributed by atoms with Crippen LogP contribution in [0.2, 0.25) is 0 Å². The fourth-order valence-corrected chi connectivity index (χ4v) is 2.26. The van der Waals surface area contributed by atoms with Gasteiger partial charge in [-0.05, 0) is 45.8 Å². The van der Waals surface area contributed by atoms with Crippen LogP contribution in [0, 0.1) is 0 Å². The number of nitrogens with zero attached hydrogens (tertiary/aromatic N) is 3. The van der Waals surface area contributed by atoms with E-state index in [-0.39, 0.29) is 24.0 Å². The van der Waals surface area contributed by atoms with Crippen LogP contribution in [0.5, 0.6) is 0 Å². The summed E-state index contributed by atoms with van der Waals surface area (Å²) in [4.78, 5) is 8.91. The number of halogens is 1. The Hall–Kier alpha value is -0.820. The lowest BCUT2D eigenvalue weighted by Crippen LogP contribution is -2.39. The first kappa shape index (κ1) is 22.2. The summed E-state index contributed by atoms with van der Waals surface area (Å²) in [5.41, 5.74) is 1.30. The number of nitrogens with one attached hydrogen (secondary N) is 1. The summed E-state index contributed by atoms with van der Waals surface area (Å²) in [6, 6.07) is 11.1. The number of benzene rings is 1. The summed E-state index contributed by atoms with van der Waals surface area (Å²) in [6.07, 6.45) is 2.37. The summed E-state index contributed by atoms with van der Waals surface area (Å²) >= 11 is 0. The highest BCUT2D eigenvalue weighted by atomic mass is 127. The standard InChI is InChI=1S/C18H32N4.HI/c1-16(2)21(4)14-10-9-13-20-18(19-3)22(5)15-17-11-7-6-8-12-17;/h6-8,11-12,16H,9-10,13-15H2,1-5H3,(H,19,20);1H. The molecule has 0 saturated heterocycles. The van der Waals surface area contributed by atoms with Crippen molar-refractivity contribution in [2.24, 2.45) is 4.99 Å². The minimum atomic E-state index is 0. The van der Waals surface area contributed by atoms with Gasteiger partial charge < -0.3 is 15.1 Å². The molecule has 0 unspecified atom stereocenters. The molecule has 0 saturated carbocycles. The van der Waals surface area contributed by atoms with Gasteiger partial charge in [0.1, 0.15) is 0 Å². The Bertz CT molecular complexity index is 434. The van der Waals surface area contributed by atoms with E-state index in [1.54, 1.807) is 0 Å². The molecule has 0 fully saturated rings. The predicted molar refractivity (Wildman–Crippen MR) is 112 cm³/mol. The van der Waals surface area contributed by atoms with Crippen molar-refractivity contribution in [2.45, 2.75) is 39.3 Å². The van der Waals surface area contributed by atoms with Crippen LogP contribution < -0.4 is 5.32 Å². The summed E-state index contributed by atoms with van der Waals surface area (Å²) in [5, 5.41) is 3.45. The third kappa shape index (κ3) is 9.15. The van der Waals surface area contributed by atoms with E-state index in [4.69, 9.17) is 0 Å². The first-order valence-corrected chi connectivity index (χ1v) is 8.20. The van der Waals surface area contributed by atoms with Gasteiger partial charge in [-0.1, -0.05) is 30.3 Å². The molecular formula is C18H33IN4. The first-order chi connectivity index (χ1) is 10.5. The van der Waals surface area contributed by atoms with Gasteiger partial charge in [0.2, 0.25) is 0 Å². The number of guanidine groups is 1. The molecular weight excluding hydrogens is 399 g/mol. The van der Waals surface area contributed by atoms with Gasteiger partial charge in [-0.3, -0.25) is 4.99 Å². The van der Waals surface area contributed by atoms with Crippen LogP contribution >= 0.6 is 24.0 Å². The number of hydrogen-bond donors (Lipinski definition) is 1. The van der Waals surface area contributed by atoms with Crippen molar-refractivity contribution in [3.05, 3.63) is 35.9 Å². The van der Waals surface area contributed by atoms with E-state index in [0.29, 0.717) is 6.04 Å². The lowest BCUT2D eigenvalue weighted by Gasteiger charge is -2.23. The van der Waals surface area contributed by atoms with E-state index in [1.807, 2.05) is 13.1 Å².